The Morgan fingerprint density at radius 1 is 0.833 bits per heavy atom. The molecule has 7 atom stereocenters. The average Bonchev–Trinajstić information content (AvgIpc) is 2.43. The molecule has 4 aliphatic rings. The topological polar surface area (TPSA) is 38.7 Å². The molecule has 0 aromatic rings. The molecular weight excluding hydrogens is 156 g/mol. The van der Waals surface area contributed by atoms with Gasteiger partial charge < -0.3 is 14.6 Å². The molecule has 0 saturated carbocycles. The van der Waals surface area contributed by atoms with Crippen molar-refractivity contribution in [2.45, 2.75) is 44.4 Å². The zero-order valence-corrected chi connectivity index (χ0v) is 7.31. The van der Waals surface area contributed by atoms with Gasteiger partial charge in [0.05, 0.1) is 18.3 Å². The van der Waals surface area contributed by atoms with Crippen LogP contribution in [0.15, 0.2) is 0 Å². The Balaban J connectivity index is 2.01. The summed E-state index contributed by atoms with van der Waals surface area (Å²) in [6.07, 6.45) is 0.0979. The van der Waals surface area contributed by atoms with E-state index >= 15 is 0 Å². The quantitative estimate of drug-likeness (QED) is 0.563. The van der Waals surface area contributed by atoms with Gasteiger partial charge in [0.1, 0.15) is 12.2 Å². The maximum absolute atomic E-state index is 9.74. The van der Waals surface area contributed by atoms with Gasteiger partial charge in [0.25, 0.3) is 0 Å². The van der Waals surface area contributed by atoms with Crippen LogP contribution >= 0.6 is 0 Å². The van der Waals surface area contributed by atoms with Crippen LogP contribution in [-0.4, -0.2) is 35.6 Å². The summed E-state index contributed by atoms with van der Waals surface area (Å²) < 4.78 is 11.4. The molecule has 0 amide bonds. The Morgan fingerprint density at radius 2 is 1.42 bits per heavy atom. The summed E-state index contributed by atoms with van der Waals surface area (Å²) in [5, 5.41) is 9.74. The monoisotopic (exact) mass is 170 g/mol. The van der Waals surface area contributed by atoms with E-state index in [-0.39, 0.29) is 24.4 Å². The lowest BCUT2D eigenvalue weighted by atomic mass is 9.87. The largest absolute Gasteiger partial charge is 0.388 e. The predicted octanol–water partition coefficient (Wildman–Crippen LogP) is 0.168. The van der Waals surface area contributed by atoms with Crippen LogP contribution in [0.4, 0.5) is 0 Å². The van der Waals surface area contributed by atoms with Gasteiger partial charge in [0.2, 0.25) is 0 Å². The van der Waals surface area contributed by atoms with Crippen molar-refractivity contribution in [3.8, 4) is 0 Å². The lowest BCUT2D eigenvalue weighted by Crippen LogP contribution is -2.47. The zero-order chi connectivity index (χ0) is 8.46. The van der Waals surface area contributed by atoms with E-state index in [9.17, 15) is 5.11 Å². The molecule has 1 N–H and O–H groups in total. The Hall–Kier alpha value is -0.120. The van der Waals surface area contributed by atoms with Gasteiger partial charge in [-0.2, -0.15) is 0 Å². The normalized spacial score (nSPS) is 67.8. The van der Waals surface area contributed by atoms with Crippen LogP contribution in [0.5, 0.6) is 0 Å². The van der Waals surface area contributed by atoms with Crippen molar-refractivity contribution < 1.29 is 14.6 Å². The van der Waals surface area contributed by atoms with Crippen molar-refractivity contribution in [1.29, 1.82) is 0 Å². The number of ether oxygens (including phenoxy) is 2. The molecule has 0 aromatic carbocycles. The lowest BCUT2D eigenvalue weighted by Gasteiger charge is -2.37. The SMILES string of the molecule is C[C@@H]1[C@H]2O[C@H]3[C@@H](O)[C@H]1O[C@H]3[C@@H]2C. The molecule has 68 valence electrons. The molecule has 0 radical (unpaired) electrons. The van der Waals surface area contributed by atoms with Gasteiger partial charge in [-0.25, -0.2) is 0 Å². The standard InChI is InChI=1S/C9H14O3/c1-3-6-4(2)8-9(11-6)5(10)7(3)12-8/h3-10H,1-2H3/t3-,4-,5+,6-,7+,8+,9+/m1/s1. The van der Waals surface area contributed by atoms with Crippen LogP contribution in [0.1, 0.15) is 13.8 Å². The van der Waals surface area contributed by atoms with E-state index in [1.165, 1.54) is 0 Å². The molecule has 4 saturated heterocycles. The van der Waals surface area contributed by atoms with Crippen molar-refractivity contribution in [1.82, 2.24) is 0 Å². The van der Waals surface area contributed by atoms with E-state index in [0.29, 0.717) is 17.9 Å². The number of hydrogen-bond donors (Lipinski definition) is 1. The van der Waals surface area contributed by atoms with E-state index in [4.69, 9.17) is 9.47 Å². The highest BCUT2D eigenvalue weighted by atomic mass is 16.6. The van der Waals surface area contributed by atoms with Crippen LogP contribution < -0.4 is 0 Å². The Bertz CT molecular complexity index is 188. The fourth-order valence-electron chi connectivity index (χ4n) is 3.02. The molecule has 0 unspecified atom stereocenters. The number of aliphatic hydroxyl groups is 1. The van der Waals surface area contributed by atoms with Gasteiger partial charge in [-0.15, -0.1) is 0 Å². The molecule has 0 spiro atoms. The third-order valence-electron chi connectivity index (χ3n) is 3.70. The molecule has 3 heteroatoms. The van der Waals surface area contributed by atoms with Gasteiger partial charge in [0, 0.05) is 11.8 Å². The van der Waals surface area contributed by atoms with Crippen molar-refractivity contribution in [3.63, 3.8) is 0 Å². The molecule has 4 bridgehead atoms. The Labute approximate surface area is 71.7 Å². The molecule has 0 aliphatic carbocycles. The summed E-state index contributed by atoms with van der Waals surface area (Å²) in [5.41, 5.74) is 0. The summed E-state index contributed by atoms with van der Waals surface area (Å²) in [4.78, 5) is 0. The highest BCUT2D eigenvalue weighted by Gasteiger charge is 2.63. The second kappa shape index (κ2) is 2.03. The van der Waals surface area contributed by atoms with E-state index in [1.807, 2.05) is 0 Å². The van der Waals surface area contributed by atoms with E-state index < -0.39 is 0 Å². The molecule has 4 fully saturated rings. The first-order valence-corrected chi connectivity index (χ1v) is 4.69. The van der Waals surface area contributed by atoms with Crippen LogP contribution in [0.25, 0.3) is 0 Å². The van der Waals surface area contributed by atoms with E-state index in [0.717, 1.165) is 0 Å². The summed E-state index contributed by atoms with van der Waals surface area (Å²) in [6, 6.07) is 0. The third-order valence-corrected chi connectivity index (χ3v) is 3.70. The van der Waals surface area contributed by atoms with E-state index in [2.05, 4.69) is 13.8 Å². The van der Waals surface area contributed by atoms with Crippen LogP contribution in [0, 0.1) is 11.8 Å². The number of hydrogen-bond acceptors (Lipinski definition) is 3. The summed E-state index contributed by atoms with van der Waals surface area (Å²) in [7, 11) is 0. The average molecular weight is 170 g/mol. The maximum atomic E-state index is 9.74. The Morgan fingerprint density at radius 3 is 2.08 bits per heavy atom. The predicted molar refractivity (Wildman–Crippen MR) is 41.7 cm³/mol. The summed E-state index contributed by atoms with van der Waals surface area (Å²) >= 11 is 0. The van der Waals surface area contributed by atoms with Crippen molar-refractivity contribution in [2.24, 2.45) is 11.8 Å². The second-order valence-electron chi connectivity index (χ2n) is 4.34. The minimum absolute atomic E-state index is 0.0359. The van der Waals surface area contributed by atoms with Gasteiger partial charge in [-0.05, 0) is 0 Å². The summed E-state index contributed by atoms with van der Waals surface area (Å²) in [6.45, 7) is 4.26. The molecule has 4 heterocycles. The molecule has 3 nitrogen and oxygen atoms in total. The number of aliphatic hydroxyl groups excluding tert-OH is 1. The highest BCUT2D eigenvalue weighted by Crippen LogP contribution is 2.49. The maximum Gasteiger partial charge on any atom is 0.113 e. The Kier molecular flexibility index (Phi) is 1.23. The lowest BCUT2D eigenvalue weighted by molar-refractivity contribution is -0.149. The number of rotatable bonds is 0. The molecule has 4 rings (SSSR count). The minimum Gasteiger partial charge on any atom is -0.388 e. The highest BCUT2D eigenvalue weighted by molar-refractivity contribution is 5.09. The van der Waals surface area contributed by atoms with Gasteiger partial charge >= 0.3 is 0 Å². The van der Waals surface area contributed by atoms with Crippen molar-refractivity contribution >= 4 is 0 Å². The second-order valence-corrected chi connectivity index (χ2v) is 4.34. The molecule has 12 heavy (non-hydrogen) atoms. The van der Waals surface area contributed by atoms with Crippen LogP contribution in [0.3, 0.4) is 0 Å². The van der Waals surface area contributed by atoms with Gasteiger partial charge in [0.15, 0.2) is 0 Å². The smallest absolute Gasteiger partial charge is 0.113 e. The molecular formula is C9H14O3. The third kappa shape index (κ3) is 0.605. The molecule has 4 aliphatic heterocycles. The fraction of sp³-hybridized carbons (Fsp3) is 1.00. The first kappa shape index (κ1) is 7.30. The van der Waals surface area contributed by atoms with Gasteiger partial charge in [-0.1, -0.05) is 13.8 Å². The summed E-state index contributed by atoms with van der Waals surface area (Å²) in [5.74, 6) is 0.809. The van der Waals surface area contributed by atoms with E-state index in [1.54, 1.807) is 0 Å². The van der Waals surface area contributed by atoms with Crippen molar-refractivity contribution in [3.05, 3.63) is 0 Å². The zero-order valence-electron chi connectivity index (χ0n) is 7.31. The van der Waals surface area contributed by atoms with Gasteiger partial charge in [-0.3, -0.25) is 0 Å². The van der Waals surface area contributed by atoms with Crippen molar-refractivity contribution in [2.75, 3.05) is 0 Å². The first-order chi connectivity index (χ1) is 5.70. The fourth-order valence-corrected chi connectivity index (χ4v) is 3.02. The van der Waals surface area contributed by atoms with Crippen LogP contribution in [0.2, 0.25) is 0 Å². The molecule has 0 aromatic heterocycles. The first-order valence-electron chi connectivity index (χ1n) is 4.69. The van der Waals surface area contributed by atoms with Crippen LogP contribution in [-0.2, 0) is 9.47 Å². The minimum atomic E-state index is -0.383.